The third kappa shape index (κ3) is 6.56. The number of aromatic nitrogens is 4. The van der Waals surface area contributed by atoms with Crippen LogP contribution in [0.3, 0.4) is 0 Å². The number of nitrogens with zero attached hydrogens (tertiary/aromatic N) is 6. The summed E-state index contributed by atoms with van der Waals surface area (Å²) in [5.41, 5.74) is 2.20. The monoisotopic (exact) mass is 406 g/mol. The summed E-state index contributed by atoms with van der Waals surface area (Å²) >= 11 is 0. The molecule has 0 saturated heterocycles. The second kappa shape index (κ2) is 10.9. The molecule has 0 aliphatic rings. The van der Waals surface area contributed by atoms with Crippen molar-refractivity contribution in [2.24, 2.45) is 10.2 Å². The van der Waals surface area contributed by atoms with Gasteiger partial charge in [-0.05, 0) is 31.0 Å². The average Bonchev–Trinajstić information content (AvgIpc) is 2.77. The van der Waals surface area contributed by atoms with Gasteiger partial charge in [-0.25, -0.2) is 15.0 Å². The smallest absolute Gasteiger partial charge is 0.225 e. The Balaban J connectivity index is 1.56. The number of ether oxygens (including phenoxy) is 1. The van der Waals surface area contributed by atoms with E-state index in [1.54, 1.807) is 37.8 Å². The molecule has 2 aromatic heterocycles. The van der Waals surface area contributed by atoms with Crippen molar-refractivity contribution in [3.8, 4) is 0 Å². The summed E-state index contributed by atoms with van der Waals surface area (Å²) in [5.74, 6) is 1.62. The summed E-state index contributed by atoms with van der Waals surface area (Å²) in [6.45, 7) is 5.21. The molecule has 0 fully saturated rings. The average molecular weight is 406 g/mol. The van der Waals surface area contributed by atoms with Crippen LogP contribution in [0.1, 0.15) is 31.0 Å². The van der Waals surface area contributed by atoms with Crippen LogP contribution < -0.4 is 10.6 Å². The van der Waals surface area contributed by atoms with E-state index < -0.39 is 0 Å². The van der Waals surface area contributed by atoms with Crippen molar-refractivity contribution in [2.45, 2.75) is 32.5 Å². The molecule has 2 unspecified atom stereocenters. The molecule has 156 valence electrons. The van der Waals surface area contributed by atoms with Gasteiger partial charge in [-0.3, -0.25) is 0 Å². The third-order valence-electron chi connectivity index (χ3n) is 4.24. The quantitative estimate of drug-likeness (QED) is 0.486. The first-order valence-electron chi connectivity index (χ1n) is 9.73. The van der Waals surface area contributed by atoms with Crippen LogP contribution >= 0.6 is 0 Å². The molecule has 3 aromatic rings. The van der Waals surface area contributed by atoms with Gasteiger partial charge >= 0.3 is 0 Å². The zero-order valence-electron chi connectivity index (χ0n) is 17.4. The van der Waals surface area contributed by atoms with E-state index in [0.717, 1.165) is 11.1 Å². The maximum absolute atomic E-state index is 5.11. The first-order chi connectivity index (χ1) is 14.6. The first kappa shape index (κ1) is 21.3. The Morgan fingerprint density at radius 2 is 1.70 bits per heavy atom. The van der Waals surface area contributed by atoms with Gasteiger partial charge in [0.15, 0.2) is 5.82 Å². The number of nitrogens with one attached hydrogen (secondary N) is 2. The fraction of sp³-hybridized carbons (Fsp3) is 0.333. The maximum atomic E-state index is 5.11. The van der Waals surface area contributed by atoms with Crippen molar-refractivity contribution < 1.29 is 4.74 Å². The van der Waals surface area contributed by atoms with E-state index in [0.29, 0.717) is 30.9 Å². The van der Waals surface area contributed by atoms with Crippen LogP contribution in [-0.2, 0) is 11.3 Å². The number of hydrogen-bond donors (Lipinski definition) is 2. The molecule has 0 aliphatic heterocycles. The van der Waals surface area contributed by atoms with Crippen molar-refractivity contribution in [3.05, 3.63) is 66.1 Å². The lowest BCUT2D eigenvalue weighted by atomic mass is 10.1. The summed E-state index contributed by atoms with van der Waals surface area (Å²) in [4.78, 5) is 16.9. The molecule has 0 amide bonds. The number of rotatable bonds is 10. The molecule has 0 spiro atoms. The van der Waals surface area contributed by atoms with Gasteiger partial charge in [-0.1, -0.05) is 24.3 Å². The van der Waals surface area contributed by atoms with Gasteiger partial charge in [0.05, 0.1) is 12.6 Å². The predicted molar refractivity (Wildman–Crippen MR) is 116 cm³/mol. The maximum Gasteiger partial charge on any atom is 0.225 e. The molecule has 30 heavy (non-hydrogen) atoms. The lowest BCUT2D eigenvalue weighted by Crippen LogP contribution is -2.22. The molecule has 9 heteroatoms. The molecular weight excluding hydrogens is 380 g/mol. The van der Waals surface area contributed by atoms with E-state index in [-0.39, 0.29) is 12.1 Å². The highest BCUT2D eigenvalue weighted by molar-refractivity contribution is 5.35. The van der Waals surface area contributed by atoms with Crippen molar-refractivity contribution in [1.82, 2.24) is 19.9 Å². The molecule has 3 rings (SSSR count). The molecule has 0 aliphatic carbocycles. The third-order valence-corrected chi connectivity index (χ3v) is 4.24. The van der Waals surface area contributed by atoms with Crippen LogP contribution in [0.5, 0.6) is 0 Å². The van der Waals surface area contributed by atoms with Gasteiger partial charge in [0, 0.05) is 44.4 Å². The minimum atomic E-state index is -0.0942. The van der Waals surface area contributed by atoms with E-state index in [9.17, 15) is 0 Å². The minimum absolute atomic E-state index is 0.0942. The molecule has 2 heterocycles. The summed E-state index contributed by atoms with van der Waals surface area (Å²) in [6.07, 6.45) is 5.08. The molecule has 1 aromatic carbocycles. The molecular formula is C21H26N8O. The second-order valence-corrected chi connectivity index (χ2v) is 6.80. The van der Waals surface area contributed by atoms with Crippen molar-refractivity contribution in [3.63, 3.8) is 0 Å². The Morgan fingerprint density at radius 1 is 0.967 bits per heavy atom. The highest BCUT2D eigenvalue weighted by atomic mass is 16.5. The van der Waals surface area contributed by atoms with Crippen molar-refractivity contribution in [1.29, 1.82) is 0 Å². The van der Waals surface area contributed by atoms with Gasteiger partial charge in [-0.2, -0.15) is 10.1 Å². The second-order valence-electron chi connectivity index (χ2n) is 6.80. The number of hydrogen-bond acceptors (Lipinski definition) is 9. The molecule has 2 atom stereocenters. The van der Waals surface area contributed by atoms with Gasteiger partial charge in [-0.15, -0.1) is 5.11 Å². The Morgan fingerprint density at radius 3 is 2.43 bits per heavy atom. The van der Waals surface area contributed by atoms with Crippen LogP contribution in [0.25, 0.3) is 0 Å². The Bertz CT molecular complexity index is 933. The first-order valence-corrected chi connectivity index (χ1v) is 9.73. The number of methoxy groups -OCH3 is 1. The highest BCUT2D eigenvalue weighted by Crippen LogP contribution is 2.20. The van der Waals surface area contributed by atoms with E-state index in [1.807, 2.05) is 26.0 Å². The number of benzene rings is 1. The molecule has 0 radical (unpaired) electrons. The van der Waals surface area contributed by atoms with Crippen LogP contribution in [-0.4, -0.2) is 39.7 Å². The van der Waals surface area contributed by atoms with E-state index in [2.05, 4.69) is 52.9 Å². The van der Waals surface area contributed by atoms with Crippen LogP contribution in [0.15, 0.2) is 65.2 Å². The van der Waals surface area contributed by atoms with Crippen molar-refractivity contribution >= 4 is 17.7 Å². The summed E-state index contributed by atoms with van der Waals surface area (Å²) in [5, 5.41) is 15.0. The molecule has 0 bridgehead atoms. The molecule has 2 N–H and O–H groups in total. The SMILES string of the molecule is COCC(C)Nc1nccc(N=NC(C)c2ccc(CNc3ncccn3)cc2)n1. The zero-order valence-corrected chi connectivity index (χ0v) is 17.4. The molecule has 0 saturated carbocycles. The predicted octanol–water partition coefficient (Wildman–Crippen LogP) is 4.17. The Kier molecular flexibility index (Phi) is 7.73. The number of anilines is 2. The highest BCUT2D eigenvalue weighted by Gasteiger charge is 2.06. The van der Waals surface area contributed by atoms with Gasteiger partial charge in [0.2, 0.25) is 11.9 Å². The lowest BCUT2D eigenvalue weighted by Gasteiger charge is -2.12. The van der Waals surface area contributed by atoms with Crippen LogP contribution in [0.4, 0.5) is 17.7 Å². The number of azo groups is 1. The lowest BCUT2D eigenvalue weighted by molar-refractivity contribution is 0.190. The van der Waals surface area contributed by atoms with Gasteiger partial charge in [0.1, 0.15) is 0 Å². The minimum Gasteiger partial charge on any atom is -0.383 e. The van der Waals surface area contributed by atoms with E-state index in [1.165, 1.54) is 0 Å². The Labute approximate surface area is 176 Å². The summed E-state index contributed by atoms with van der Waals surface area (Å²) in [7, 11) is 1.66. The standard InChI is InChI=1S/C21H26N8O/c1-15(14-30-3)26-21-24-12-9-19(27-21)29-28-16(2)18-7-5-17(6-8-18)13-25-20-22-10-4-11-23-20/h4-12,15-16H,13-14H2,1-3H3,(H,22,23,25)(H,24,26,27). The van der Waals surface area contributed by atoms with E-state index in [4.69, 9.17) is 4.74 Å². The topological polar surface area (TPSA) is 110 Å². The zero-order chi connectivity index (χ0) is 21.2. The van der Waals surface area contributed by atoms with Gasteiger partial charge in [0.25, 0.3) is 0 Å². The summed E-state index contributed by atoms with van der Waals surface area (Å²) in [6, 6.07) is 11.7. The fourth-order valence-electron chi connectivity index (χ4n) is 2.68. The normalized spacial score (nSPS) is 13.2. The van der Waals surface area contributed by atoms with Crippen LogP contribution in [0, 0.1) is 0 Å². The van der Waals surface area contributed by atoms with Gasteiger partial charge < -0.3 is 15.4 Å². The molecule has 9 nitrogen and oxygen atoms in total. The van der Waals surface area contributed by atoms with Crippen molar-refractivity contribution in [2.75, 3.05) is 24.4 Å². The largest absolute Gasteiger partial charge is 0.383 e. The summed E-state index contributed by atoms with van der Waals surface area (Å²) < 4.78 is 5.11. The Hall–Kier alpha value is -3.46. The van der Waals surface area contributed by atoms with Crippen LogP contribution in [0.2, 0.25) is 0 Å². The van der Waals surface area contributed by atoms with E-state index >= 15 is 0 Å². The fourth-order valence-corrected chi connectivity index (χ4v) is 2.68.